The zero-order valence-electron chi connectivity index (χ0n) is 14.0. The number of halogens is 1. The predicted octanol–water partition coefficient (Wildman–Crippen LogP) is 4.00. The predicted molar refractivity (Wildman–Crippen MR) is 87.6 cm³/mol. The van der Waals surface area contributed by atoms with Gasteiger partial charge in [-0.25, -0.2) is 0 Å². The van der Waals surface area contributed by atoms with Crippen molar-refractivity contribution in [1.29, 1.82) is 0 Å². The van der Waals surface area contributed by atoms with Crippen LogP contribution in [0.1, 0.15) is 58.3 Å². The molecule has 0 aromatic carbocycles. The van der Waals surface area contributed by atoms with E-state index in [2.05, 4.69) is 32.8 Å². The fourth-order valence-electron chi connectivity index (χ4n) is 4.05. The average molecular weight is 313 g/mol. The third-order valence-electron chi connectivity index (χ3n) is 5.14. The fraction of sp³-hybridized carbons (Fsp3) is 0.824. The first-order valence-electron chi connectivity index (χ1n) is 8.21. The van der Waals surface area contributed by atoms with Crippen molar-refractivity contribution in [2.75, 3.05) is 0 Å². The Morgan fingerprint density at radius 2 is 2.10 bits per heavy atom. The largest absolute Gasteiger partial charge is 0.389 e. The van der Waals surface area contributed by atoms with Crippen LogP contribution in [0.4, 0.5) is 0 Å². The molecule has 0 saturated heterocycles. The third-order valence-corrected chi connectivity index (χ3v) is 5.58. The van der Waals surface area contributed by atoms with Crippen molar-refractivity contribution >= 4 is 11.6 Å². The van der Waals surface area contributed by atoms with Crippen molar-refractivity contribution in [2.24, 2.45) is 24.8 Å². The molecule has 21 heavy (non-hydrogen) atoms. The number of aliphatic hydroxyl groups is 1. The monoisotopic (exact) mass is 312 g/mol. The van der Waals surface area contributed by atoms with Gasteiger partial charge in [-0.3, -0.25) is 4.68 Å². The van der Waals surface area contributed by atoms with Gasteiger partial charge >= 0.3 is 0 Å². The molecule has 1 N–H and O–H groups in total. The highest BCUT2D eigenvalue weighted by molar-refractivity contribution is 6.31. The van der Waals surface area contributed by atoms with E-state index in [4.69, 9.17) is 11.6 Å². The van der Waals surface area contributed by atoms with Crippen LogP contribution in [0.25, 0.3) is 0 Å². The lowest BCUT2D eigenvalue weighted by Gasteiger charge is -2.45. The first kappa shape index (κ1) is 16.8. The summed E-state index contributed by atoms with van der Waals surface area (Å²) < 4.78 is 1.86. The molecule has 3 atom stereocenters. The maximum absolute atomic E-state index is 11.4. The van der Waals surface area contributed by atoms with Crippen LogP contribution >= 0.6 is 11.6 Å². The van der Waals surface area contributed by atoms with E-state index < -0.39 is 5.60 Å². The summed E-state index contributed by atoms with van der Waals surface area (Å²) in [6.07, 6.45) is 4.62. The average Bonchev–Trinajstić information content (AvgIpc) is 2.65. The molecular formula is C17H29ClN2O. The molecule has 1 aliphatic rings. The molecule has 0 aliphatic heterocycles. The molecule has 3 nitrogen and oxygen atoms in total. The SMILES string of the molecule is CCc1nn(C)c(CC2(O)CC(C)CCC2C(C)C)c1Cl. The normalized spacial score (nSPS) is 30.1. The summed E-state index contributed by atoms with van der Waals surface area (Å²) >= 11 is 6.48. The van der Waals surface area contributed by atoms with Gasteiger partial charge in [-0.1, -0.05) is 45.7 Å². The highest BCUT2D eigenvalue weighted by Crippen LogP contribution is 2.43. The minimum absolute atomic E-state index is 0.338. The Morgan fingerprint density at radius 3 is 2.62 bits per heavy atom. The van der Waals surface area contributed by atoms with E-state index in [1.165, 1.54) is 6.42 Å². The quantitative estimate of drug-likeness (QED) is 0.912. The van der Waals surface area contributed by atoms with E-state index in [1.807, 2.05) is 11.7 Å². The third kappa shape index (κ3) is 3.29. The van der Waals surface area contributed by atoms with E-state index in [0.717, 1.165) is 35.7 Å². The number of hydrogen-bond donors (Lipinski definition) is 1. The molecule has 0 amide bonds. The molecule has 3 unspecified atom stereocenters. The van der Waals surface area contributed by atoms with Gasteiger partial charge in [-0.2, -0.15) is 5.10 Å². The standard InChI is InChI=1S/C17H29ClN2O/c1-6-14-16(18)15(20(5)19-14)10-17(21)9-12(4)7-8-13(17)11(2)3/h11-13,21H,6-10H2,1-5H3. The summed E-state index contributed by atoms with van der Waals surface area (Å²) in [5.41, 5.74) is 1.26. The summed E-state index contributed by atoms with van der Waals surface area (Å²) in [7, 11) is 1.93. The van der Waals surface area contributed by atoms with Crippen LogP contribution in [0.2, 0.25) is 5.02 Å². The molecule has 2 rings (SSSR count). The van der Waals surface area contributed by atoms with Gasteiger partial charge in [0.1, 0.15) is 0 Å². The lowest BCUT2D eigenvalue weighted by atomic mass is 9.65. The van der Waals surface area contributed by atoms with Crippen LogP contribution in [0.15, 0.2) is 0 Å². The molecule has 0 radical (unpaired) electrons. The first-order chi connectivity index (χ1) is 9.78. The van der Waals surface area contributed by atoms with E-state index in [1.54, 1.807) is 0 Å². The van der Waals surface area contributed by atoms with Crippen molar-refractivity contribution < 1.29 is 5.11 Å². The molecule has 1 aromatic heterocycles. The van der Waals surface area contributed by atoms with E-state index >= 15 is 0 Å². The van der Waals surface area contributed by atoms with Gasteiger partial charge in [0, 0.05) is 13.5 Å². The Balaban J connectivity index is 2.32. The smallest absolute Gasteiger partial charge is 0.0850 e. The lowest BCUT2D eigenvalue weighted by molar-refractivity contribution is -0.0805. The Morgan fingerprint density at radius 1 is 1.43 bits per heavy atom. The number of rotatable bonds is 4. The van der Waals surface area contributed by atoms with Gasteiger partial charge in [-0.05, 0) is 37.0 Å². The number of aryl methyl sites for hydroxylation is 2. The van der Waals surface area contributed by atoms with Gasteiger partial charge in [-0.15, -0.1) is 0 Å². The van der Waals surface area contributed by atoms with E-state index in [0.29, 0.717) is 24.2 Å². The molecule has 4 heteroatoms. The Kier molecular flexibility index (Phi) is 5.04. The Labute approximate surface area is 133 Å². The van der Waals surface area contributed by atoms with Gasteiger partial charge in [0.2, 0.25) is 0 Å². The minimum atomic E-state index is -0.658. The summed E-state index contributed by atoms with van der Waals surface area (Å²) in [5, 5.41) is 16.6. The minimum Gasteiger partial charge on any atom is -0.389 e. The maximum Gasteiger partial charge on any atom is 0.0850 e. The highest BCUT2D eigenvalue weighted by Gasteiger charge is 2.43. The zero-order valence-corrected chi connectivity index (χ0v) is 14.7. The lowest BCUT2D eigenvalue weighted by Crippen LogP contribution is -2.47. The number of hydrogen-bond acceptors (Lipinski definition) is 2. The second-order valence-electron chi connectivity index (χ2n) is 7.20. The van der Waals surface area contributed by atoms with Crippen molar-refractivity contribution in [3.63, 3.8) is 0 Å². The number of nitrogens with zero attached hydrogens (tertiary/aromatic N) is 2. The Bertz CT molecular complexity index is 497. The molecule has 1 fully saturated rings. The van der Waals surface area contributed by atoms with Crippen molar-refractivity contribution in [2.45, 2.75) is 65.4 Å². The van der Waals surface area contributed by atoms with Crippen LogP contribution in [-0.4, -0.2) is 20.5 Å². The first-order valence-corrected chi connectivity index (χ1v) is 8.59. The van der Waals surface area contributed by atoms with E-state index in [9.17, 15) is 5.11 Å². The molecule has 1 aromatic rings. The molecule has 1 heterocycles. The molecular weight excluding hydrogens is 284 g/mol. The van der Waals surface area contributed by atoms with Crippen molar-refractivity contribution in [1.82, 2.24) is 9.78 Å². The summed E-state index contributed by atoms with van der Waals surface area (Å²) in [5.74, 6) is 1.40. The highest BCUT2D eigenvalue weighted by atomic mass is 35.5. The van der Waals surface area contributed by atoms with Crippen LogP contribution < -0.4 is 0 Å². The van der Waals surface area contributed by atoms with Gasteiger partial charge in [0.25, 0.3) is 0 Å². The van der Waals surface area contributed by atoms with Crippen molar-refractivity contribution in [3.8, 4) is 0 Å². The van der Waals surface area contributed by atoms with Crippen LogP contribution in [0.5, 0.6) is 0 Å². The topological polar surface area (TPSA) is 38.0 Å². The maximum atomic E-state index is 11.4. The van der Waals surface area contributed by atoms with Crippen molar-refractivity contribution in [3.05, 3.63) is 16.4 Å². The summed E-state index contributed by atoms with van der Waals surface area (Å²) in [4.78, 5) is 0. The van der Waals surface area contributed by atoms with Crippen LogP contribution in [-0.2, 0) is 19.9 Å². The van der Waals surface area contributed by atoms with Gasteiger partial charge < -0.3 is 5.11 Å². The Hall–Kier alpha value is -0.540. The van der Waals surface area contributed by atoms with Crippen LogP contribution in [0.3, 0.4) is 0 Å². The van der Waals surface area contributed by atoms with Crippen LogP contribution in [0, 0.1) is 17.8 Å². The van der Waals surface area contributed by atoms with E-state index in [-0.39, 0.29) is 0 Å². The summed E-state index contributed by atoms with van der Waals surface area (Å²) in [6.45, 7) is 8.73. The second-order valence-corrected chi connectivity index (χ2v) is 7.58. The second kappa shape index (κ2) is 6.29. The molecule has 1 aliphatic carbocycles. The fourth-order valence-corrected chi connectivity index (χ4v) is 4.41. The molecule has 120 valence electrons. The summed E-state index contributed by atoms with van der Waals surface area (Å²) in [6, 6.07) is 0. The molecule has 0 bridgehead atoms. The van der Waals surface area contributed by atoms with Gasteiger partial charge in [0.05, 0.1) is 22.0 Å². The zero-order chi connectivity index (χ0) is 15.8. The number of aromatic nitrogens is 2. The molecule has 1 saturated carbocycles. The molecule has 0 spiro atoms. The van der Waals surface area contributed by atoms with Gasteiger partial charge in [0.15, 0.2) is 0 Å².